The van der Waals surface area contributed by atoms with Crippen molar-refractivity contribution in [2.24, 2.45) is 5.73 Å². The van der Waals surface area contributed by atoms with E-state index in [1.165, 1.54) is 11.3 Å². The predicted molar refractivity (Wildman–Crippen MR) is 58.0 cm³/mol. The molecule has 0 amide bonds. The molecule has 1 rings (SSSR count). The molecule has 2 N–H and O–H groups in total. The molecule has 0 saturated carbocycles. The molecular weight excluding hydrogens is 160 g/mol. The Hall–Kier alpha value is -1.02. The molecule has 0 aliphatic rings. The number of hydrogen-bond donors (Lipinski definition) is 1. The van der Waals surface area contributed by atoms with Gasteiger partial charge in [-0.2, -0.15) is 0 Å². The minimum Gasteiger partial charge on any atom is -0.378 e. The van der Waals surface area contributed by atoms with Gasteiger partial charge >= 0.3 is 0 Å². The number of nitrogens with two attached hydrogens (primary N) is 1. The molecule has 0 spiro atoms. The maximum Gasteiger partial charge on any atom is 0.0364 e. The summed E-state index contributed by atoms with van der Waals surface area (Å²) in [5, 5.41) is 0. The Morgan fingerprint density at radius 1 is 1.38 bits per heavy atom. The van der Waals surface area contributed by atoms with Crippen LogP contribution in [-0.2, 0) is 0 Å². The third kappa shape index (κ3) is 2.46. The van der Waals surface area contributed by atoms with Gasteiger partial charge in [0.15, 0.2) is 0 Å². The fourth-order valence-electron chi connectivity index (χ4n) is 1.27. The number of benzene rings is 1. The Kier molecular flexibility index (Phi) is 3.32. The van der Waals surface area contributed by atoms with Gasteiger partial charge in [0, 0.05) is 25.8 Å². The van der Waals surface area contributed by atoms with Crippen LogP contribution in [0.15, 0.2) is 24.3 Å². The first-order chi connectivity index (χ1) is 6.15. The first-order valence-corrected chi connectivity index (χ1v) is 4.68. The summed E-state index contributed by atoms with van der Waals surface area (Å²) in [6.45, 7) is 2.10. The van der Waals surface area contributed by atoms with E-state index < -0.39 is 0 Å². The Labute approximate surface area is 80.4 Å². The van der Waals surface area contributed by atoms with Crippen molar-refractivity contribution in [2.75, 3.05) is 19.0 Å². The lowest BCUT2D eigenvalue weighted by molar-refractivity contribution is 0.698. The standard InChI is InChI=1S/C11H18N2/c1-4-11(12)9-6-5-7-10(8-9)13(2)3/h5-8,11H,4,12H2,1-3H3/t11-/m0/s1. The molecule has 2 heteroatoms. The zero-order valence-electron chi connectivity index (χ0n) is 8.62. The summed E-state index contributed by atoms with van der Waals surface area (Å²) in [4.78, 5) is 2.09. The predicted octanol–water partition coefficient (Wildman–Crippen LogP) is 2.16. The minimum absolute atomic E-state index is 0.167. The van der Waals surface area contributed by atoms with E-state index in [-0.39, 0.29) is 6.04 Å². The van der Waals surface area contributed by atoms with Gasteiger partial charge in [-0.05, 0) is 24.1 Å². The number of hydrogen-bond acceptors (Lipinski definition) is 2. The first-order valence-electron chi connectivity index (χ1n) is 4.68. The van der Waals surface area contributed by atoms with Gasteiger partial charge in [0.1, 0.15) is 0 Å². The van der Waals surface area contributed by atoms with Crippen molar-refractivity contribution in [1.29, 1.82) is 0 Å². The number of rotatable bonds is 3. The summed E-state index contributed by atoms with van der Waals surface area (Å²) in [6, 6.07) is 8.54. The molecule has 13 heavy (non-hydrogen) atoms. The molecule has 0 heterocycles. The zero-order chi connectivity index (χ0) is 9.84. The summed E-state index contributed by atoms with van der Waals surface area (Å²) in [5.41, 5.74) is 8.37. The first kappa shape index (κ1) is 10.1. The summed E-state index contributed by atoms with van der Waals surface area (Å²) in [6.07, 6.45) is 0.983. The van der Waals surface area contributed by atoms with Crippen LogP contribution in [0.5, 0.6) is 0 Å². The number of nitrogens with zero attached hydrogens (tertiary/aromatic N) is 1. The maximum atomic E-state index is 5.94. The van der Waals surface area contributed by atoms with Gasteiger partial charge in [-0.15, -0.1) is 0 Å². The van der Waals surface area contributed by atoms with Gasteiger partial charge in [-0.3, -0.25) is 0 Å². The summed E-state index contributed by atoms with van der Waals surface area (Å²) >= 11 is 0. The van der Waals surface area contributed by atoms with Gasteiger partial charge in [-0.25, -0.2) is 0 Å². The third-order valence-electron chi connectivity index (χ3n) is 2.25. The summed E-state index contributed by atoms with van der Waals surface area (Å²) in [7, 11) is 4.08. The van der Waals surface area contributed by atoms with Crippen LogP contribution in [0, 0.1) is 0 Å². The molecule has 2 nitrogen and oxygen atoms in total. The van der Waals surface area contributed by atoms with Crippen molar-refractivity contribution < 1.29 is 0 Å². The molecule has 0 aliphatic carbocycles. The highest BCUT2D eigenvalue weighted by Gasteiger charge is 2.03. The molecule has 0 fully saturated rings. The van der Waals surface area contributed by atoms with Crippen LogP contribution < -0.4 is 10.6 Å². The van der Waals surface area contributed by atoms with E-state index in [2.05, 4.69) is 36.1 Å². The second-order valence-electron chi connectivity index (χ2n) is 3.50. The molecule has 1 aromatic carbocycles. The molecule has 1 atom stereocenters. The van der Waals surface area contributed by atoms with Crippen LogP contribution in [0.2, 0.25) is 0 Å². The maximum absolute atomic E-state index is 5.94. The molecule has 72 valence electrons. The van der Waals surface area contributed by atoms with Crippen LogP contribution in [0.1, 0.15) is 24.9 Å². The van der Waals surface area contributed by atoms with Crippen molar-refractivity contribution >= 4 is 5.69 Å². The average molecular weight is 178 g/mol. The van der Waals surface area contributed by atoms with Crippen molar-refractivity contribution in [3.8, 4) is 0 Å². The van der Waals surface area contributed by atoms with Gasteiger partial charge in [0.25, 0.3) is 0 Å². The topological polar surface area (TPSA) is 29.3 Å². The van der Waals surface area contributed by atoms with Crippen LogP contribution >= 0.6 is 0 Å². The zero-order valence-corrected chi connectivity index (χ0v) is 8.62. The second-order valence-corrected chi connectivity index (χ2v) is 3.50. The normalized spacial score (nSPS) is 12.6. The van der Waals surface area contributed by atoms with Crippen LogP contribution in [0.3, 0.4) is 0 Å². The molecule has 0 aromatic heterocycles. The fourth-order valence-corrected chi connectivity index (χ4v) is 1.27. The van der Waals surface area contributed by atoms with E-state index in [1.54, 1.807) is 0 Å². The largest absolute Gasteiger partial charge is 0.378 e. The minimum atomic E-state index is 0.167. The monoisotopic (exact) mass is 178 g/mol. The van der Waals surface area contributed by atoms with Crippen LogP contribution in [0.25, 0.3) is 0 Å². The second kappa shape index (κ2) is 4.28. The highest BCUT2D eigenvalue weighted by atomic mass is 15.1. The van der Waals surface area contributed by atoms with E-state index in [4.69, 9.17) is 5.73 Å². The van der Waals surface area contributed by atoms with E-state index in [0.29, 0.717) is 0 Å². The van der Waals surface area contributed by atoms with Crippen molar-refractivity contribution in [1.82, 2.24) is 0 Å². The van der Waals surface area contributed by atoms with Crippen LogP contribution in [0.4, 0.5) is 5.69 Å². The van der Waals surface area contributed by atoms with Crippen molar-refractivity contribution in [3.63, 3.8) is 0 Å². The Morgan fingerprint density at radius 2 is 2.08 bits per heavy atom. The van der Waals surface area contributed by atoms with E-state index in [9.17, 15) is 0 Å². The molecule has 0 unspecified atom stereocenters. The van der Waals surface area contributed by atoms with E-state index in [1.807, 2.05) is 14.1 Å². The summed E-state index contributed by atoms with van der Waals surface area (Å²) < 4.78 is 0. The van der Waals surface area contributed by atoms with Crippen LogP contribution in [-0.4, -0.2) is 14.1 Å². The number of anilines is 1. The van der Waals surface area contributed by atoms with E-state index in [0.717, 1.165) is 6.42 Å². The molecular formula is C11H18N2. The smallest absolute Gasteiger partial charge is 0.0364 e. The van der Waals surface area contributed by atoms with Gasteiger partial charge in [-0.1, -0.05) is 19.1 Å². The quantitative estimate of drug-likeness (QED) is 0.768. The molecule has 0 aliphatic heterocycles. The lowest BCUT2D eigenvalue weighted by Gasteiger charge is -2.15. The highest BCUT2D eigenvalue weighted by molar-refractivity contribution is 5.47. The van der Waals surface area contributed by atoms with Gasteiger partial charge in [0.05, 0.1) is 0 Å². The van der Waals surface area contributed by atoms with Crippen molar-refractivity contribution in [3.05, 3.63) is 29.8 Å². The molecule has 0 bridgehead atoms. The molecule has 0 saturated heterocycles. The highest BCUT2D eigenvalue weighted by Crippen LogP contribution is 2.19. The Morgan fingerprint density at radius 3 is 2.62 bits per heavy atom. The van der Waals surface area contributed by atoms with Gasteiger partial charge < -0.3 is 10.6 Å². The fraction of sp³-hybridized carbons (Fsp3) is 0.455. The van der Waals surface area contributed by atoms with Crippen molar-refractivity contribution in [2.45, 2.75) is 19.4 Å². The van der Waals surface area contributed by atoms with Gasteiger partial charge in [0.2, 0.25) is 0 Å². The average Bonchev–Trinajstić information content (AvgIpc) is 2.17. The molecule has 0 radical (unpaired) electrons. The Balaban J connectivity index is 2.91. The van der Waals surface area contributed by atoms with E-state index >= 15 is 0 Å². The molecule has 1 aromatic rings. The summed E-state index contributed by atoms with van der Waals surface area (Å²) in [5.74, 6) is 0. The third-order valence-corrected chi connectivity index (χ3v) is 2.25. The lowest BCUT2D eigenvalue weighted by atomic mass is 10.0. The lowest BCUT2D eigenvalue weighted by Crippen LogP contribution is -2.12. The SMILES string of the molecule is CC[C@H](N)c1cccc(N(C)C)c1. The Bertz CT molecular complexity index is 269.